The molecule has 0 spiro atoms. The summed E-state index contributed by atoms with van der Waals surface area (Å²) in [6.07, 6.45) is 5.64. The van der Waals surface area contributed by atoms with Gasteiger partial charge in [0.2, 0.25) is 0 Å². The molecular weight excluding hydrogens is 204 g/mol. The predicted octanol–water partition coefficient (Wildman–Crippen LogP) is 2.71. The number of hydrogen-bond acceptors (Lipinski definition) is 3. The Kier molecular flexibility index (Phi) is 3.76. The Labute approximate surface area is 96.1 Å². The van der Waals surface area contributed by atoms with Crippen LogP contribution in [0.3, 0.4) is 0 Å². The Balaban J connectivity index is 1.87. The van der Waals surface area contributed by atoms with Gasteiger partial charge < -0.3 is 5.32 Å². The summed E-state index contributed by atoms with van der Waals surface area (Å²) in [6, 6.07) is 0.658. The standard InChI is InChI=1S/C12H20N2S/c1-3-4-13-11(10-7-9(10)2)8-12-14-5-6-15-12/h5-6,9-11,13H,3-4,7-8H2,1-2H3. The molecule has 3 atom stereocenters. The van der Waals surface area contributed by atoms with Crippen molar-refractivity contribution in [3.63, 3.8) is 0 Å². The van der Waals surface area contributed by atoms with Crippen LogP contribution in [0, 0.1) is 11.8 Å². The molecule has 2 rings (SSSR count). The van der Waals surface area contributed by atoms with E-state index in [1.54, 1.807) is 11.3 Å². The summed E-state index contributed by atoms with van der Waals surface area (Å²) in [7, 11) is 0. The zero-order valence-corrected chi connectivity index (χ0v) is 10.4. The van der Waals surface area contributed by atoms with E-state index in [0.29, 0.717) is 6.04 Å². The van der Waals surface area contributed by atoms with Gasteiger partial charge in [0.05, 0.1) is 5.01 Å². The van der Waals surface area contributed by atoms with Gasteiger partial charge in [-0.2, -0.15) is 0 Å². The summed E-state index contributed by atoms with van der Waals surface area (Å²) in [5.74, 6) is 1.81. The van der Waals surface area contributed by atoms with Crippen LogP contribution in [0.2, 0.25) is 0 Å². The van der Waals surface area contributed by atoms with E-state index >= 15 is 0 Å². The molecule has 0 aromatic carbocycles. The van der Waals surface area contributed by atoms with E-state index in [1.807, 2.05) is 6.20 Å². The van der Waals surface area contributed by atoms with Crippen LogP contribution in [0.15, 0.2) is 11.6 Å². The maximum Gasteiger partial charge on any atom is 0.0940 e. The van der Waals surface area contributed by atoms with E-state index in [0.717, 1.165) is 24.8 Å². The first-order valence-electron chi connectivity index (χ1n) is 5.93. The molecule has 0 saturated heterocycles. The minimum atomic E-state index is 0.658. The van der Waals surface area contributed by atoms with Gasteiger partial charge in [0.25, 0.3) is 0 Å². The maximum absolute atomic E-state index is 4.38. The normalized spacial score (nSPS) is 26.5. The molecule has 1 N–H and O–H groups in total. The van der Waals surface area contributed by atoms with Crippen molar-refractivity contribution in [3.05, 3.63) is 16.6 Å². The lowest BCUT2D eigenvalue weighted by Gasteiger charge is -2.17. The van der Waals surface area contributed by atoms with Crippen molar-refractivity contribution in [2.75, 3.05) is 6.54 Å². The van der Waals surface area contributed by atoms with Gasteiger partial charge in [-0.15, -0.1) is 11.3 Å². The second kappa shape index (κ2) is 5.08. The quantitative estimate of drug-likeness (QED) is 0.803. The van der Waals surface area contributed by atoms with Crippen molar-refractivity contribution in [2.45, 2.75) is 39.2 Å². The van der Waals surface area contributed by atoms with E-state index < -0.39 is 0 Å². The zero-order chi connectivity index (χ0) is 10.7. The van der Waals surface area contributed by atoms with Crippen molar-refractivity contribution in [3.8, 4) is 0 Å². The summed E-state index contributed by atoms with van der Waals surface area (Å²) in [5.41, 5.74) is 0. The van der Waals surface area contributed by atoms with E-state index in [9.17, 15) is 0 Å². The molecule has 1 aromatic heterocycles. The highest BCUT2D eigenvalue weighted by molar-refractivity contribution is 7.09. The highest BCUT2D eigenvalue weighted by Gasteiger charge is 2.39. The van der Waals surface area contributed by atoms with Crippen LogP contribution < -0.4 is 5.32 Å². The van der Waals surface area contributed by atoms with E-state index in [1.165, 1.54) is 17.8 Å². The zero-order valence-electron chi connectivity index (χ0n) is 9.57. The molecule has 1 aliphatic carbocycles. The SMILES string of the molecule is CCCNC(Cc1nccs1)C1CC1C. The van der Waals surface area contributed by atoms with E-state index in [-0.39, 0.29) is 0 Å². The second-order valence-electron chi connectivity index (χ2n) is 4.57. The van der Waals surface area contributed by atoms with E-state index in [4.69, 9.17) is 0 Å². The van der Waals surface area contributed by atoms with Gasteiger partial charge in [-0.3, -0.25) is 0 Å². The van der Waals surface area contributed by atoms with Gasteiger partial charge >= 0.3 is 0 Å². The first-order chi connectivity index (χ1) is 7.31. The fourth-order valence-corrected chi connectivity index (χ4v) is 2.83. The molecule has 3 heteroatoms. The molecule has 15 heavy (non-hydrogen) atoms. The smallest absolute Gasteiger partial charge is 0.0940 e. The van der Waals surface area contributed by atoms with Gasteiger partial charge in [-0.25, -0.2) is 4.98 Å². The summed E-state index contributed by atoms with van der Waals surface area (Å²) in [4.78, 5) is 4.38. The molecule has 0 bridgehead atoms. The minimum absolute atomic E-state index is 0.658. The van der Waals surface area contributed by atoms with Crippen LogP contribution in [-0.4, -0.2) is 17.6 Å². The van der Waals surface area contributed by atoms with Crippen molar-refractivity contribution in [1.82, 2.24) is 10.3 Å². The first kappa shape index (κ1) is 11.1. The molecule has 0 radical (unpaired) electrons. The Morgan fingerprint density at radius 2 is 2.47 bits per heavy atom. The summed E-state index contributed by atoms with van der Waals surface area (Å²) in [5, 5.41) is 7.02. The van der Waals surface area contributed by atoms with Crippen molar-refractivity contribution < 1.29 is 0 Å². The molecule has 0 aliphatic heterocycles. The molecule has 1 aromatic rings. The van der Waals surface area contributed by atoms with Crippen molar-refractivity contribution >= 4 is 11.3 Å². The lowest BCUT2D eigenvalue weighted by molar-refractivity contribution is 0.443. The Bertz CT molecular complexity index is 284. The second-order valence-corrected chi connectivity index (χ2v) is 5.55. The first-order valence-corrected chi connectivity index (χ1v) is 6.81. The molecular formula is C12H20N2S. The fraction of sp³-hybridized carbons (Fsp3) is 0.750. The molecule has 3 unspecified atom stereocenters. The molecule has 1 fully saturated rings. The monoisotopic (exact) mass is 224 g/mol. The summed E-state index contributed by atoms with van der Waals surface area (Å²) in [6.45, 7) is 5.72. The molecule has 2 nitrogen and oxygen atoms in total. The van der Waals surface area contributed by atoms with Crippen LogP contribution in [0.25, 0.3) is 0 Å². The Morgan fingerprint density at radius 3 is 3.00 bits per heavy atom. The van der Waals surface area contributed by atoms with Gasteiger partial charge in [0, 0.05) is 24.0 Å². The number of rotatable bonds is 6. The lowest BCUT2D eigenvalue weighted by Crippen LogP contribution is -2.34. The summed E-state index contributed by atoms with van der Waals surface area (Å²) < 4.78 is 0. The third-order valence-electron chi connectivity index (χ3n) is 3.22. The largest absolute Gasteiger partial charge is 0.313 e. The number of aromatic nitrogens is 1. The average Bonchev–Trinajstić information content (AvgIpc) is 2.77. The van der Waals surface area contributed by atoms with Gasteiger partial charge in [-0.05, 0) is 31.2 Å². The number of nitrogens with zero attached hydrogens (tertiary/aromatic N) is 1. The lowest BCUT2D eigenvalue weighted by atomic mass is 10.1. The van der Waals surface area contributed by atoms with Gasteiger partial charge in [0.1, 0.15) is 0 Å². The number of thiazole rings is 1. The fourth-order valence-electron chi connectivity index (χ4n) is 2.16. The van der Waals surface area contributed by atoms with Crippen molar-refractivity contribution in [2.24, 2.45) is 11.8 Å². The minimum Gasteiger partial charge on any atom is -0.313 e. The van der Waals surface area contributed by atoms with Gasteiger partial charge in [-0.1, -0.05) is 13.8 Å². The third kappa shape index (κ3) is 3.02. The molecule has 84 valence electrons. The third-order valence-corrected chi connectivity index (χ3v) is 4.03. The molecule has 1 heterocycles. The van der Waals surface area contributed by atoms with Crippen LogP contribution in [0.5, 0.6) is 0 Å². The number of hydrogen-bond donors (Lipinski definition) is 1. The van der Waals surface area contributed by atoms with Crippen molar-refractivity contribution in [1.29, 1.82) is 0 Å². The van der Waals surface area contributed by atoms with Crippen LogP contribution in [-0.2, 0) is 6.42 Å². The van der Waals surface area contributed by atoms with E-state index in [2.05, 4.69) is 29.5 Å². The van der Waals surface area contributed by atoms with Crippen LogP contribution in [0.1, 0.15) is 31.7 Å². The Morgan fingerprint density at radius 1 is 1.67 bits per heavy atom. The highest BCUT2D eigenvalue weighted by atomic mass is 32.1. The van der Waals surface area contributed by atoms with Crippen LogP contribution >= 0.6 is 11.3 Å². The number of nitrogens with one attached hydrogen (secondary N) is 1. The predicted molar refractivity (Wildman–Crippen MR) is 65.2 cm³/mol. The molecule has 1 saturated carbocycles. The molecule has 1 aliphatic rings. The summed E-state index contributed by atoms with van der Waals surface area (Å²) >= 11 is 1.78. The maximum atomic E-state index is 4.38. The molecule has 0 amide bonds. The van der Waals surface area contributed by atoms with Gasteiger partial charge in [0.15, 0.2) is 0 Å². The van der Waals surface area contributed by atoms with Crippen LogP contribution in [0.4, 0.5) is 0 Å². The Hall–Kier alpha value is -0.410. The topological polar surface area (TPSA) is 24.9 Å². The highest BCUT2D eigenvalue weighted by Crippen LogP contribution is 2.41. The average molecular weight is 224 g/mol.